The zero-order valence-electron chi connectivity index (χ0n) is 16.3. The first-order valence-electron chi connectivity index (χ1n) is 10.5. The zero-order chi connectivity index (χ0) is 19.3. The second kappa shape index (κ2) is 8.82. The minimum absolute atomic E-state index is 0.200. The summed E-state index contributed by atoms with van der Waals surface area (Å²) >= 11 is 0. The highest BCUT2D eigenvalue weighted by Gasteiger charge is 2.33. The Labute approximate surface area is 165 Å². The van der Waals surface area contributed by atoms with Gasteiger partial charge in [0.05, 0.1) is 6.54 Å². The Morgan fingerprint density at radius 2 is 1.79 bits per heavy atom. The number of quaternary nitrogens is 1. The number of benzene rings is 1. The second-order valence-corrected chi connectivity index (χ2v) is 8.04. The smallest absolute Gasteiger partial charge is 0.321 e. The molecule has 0 radical (unpaired) electrons. The number of amides is 3. The zero-order valence-corrected chi connectivity index (χ0v) is 16.3. The molecule has 3 aliphatic rings. The predicted molar refractivity (Wildman–Crippen MR) is 104 cm³/mol. The van der Waals surface area contributed by atoms with Gasteiger partial charge in [-0.05, 0) is 31.0 Å². The van der Waals surface area contributed by atoms with Crippen molar-refractivity contribution < 1.29 is 24.0 Å². The van der Waals surface area contributed by atoms with Gasteiger partial charge in [0.25, 0.3) is 5.91 Å². The maximum absolute atomic E-state index is 12.4. The van der Waals surface area contributed by atoms with Crippen LogP contribution in [-0.2, 0) is 4.79 Å². The van der Waals surface area contributed by atoms with Crippen LogP contribution in [0.2, 0.25) is 0 Å². The molecule has 2 atom stereocenters. The van der Waals surface area contributed by atoms with Crippen molar-refractivity contribution in [2.24, 2.45) is 0 Å². The summed E-state index contributed by atoms with van der Waals surface area (Å²) in [5, 5.41) is 5.46. The number of rotatable bonds is 4. The summed E-state index contributed by atoms with van der Waals surface area (Å²) in [7, 11) is 0. The highest BCUT2D eigenvalue weighted by atomic mass is 16.6. The van der Waals surface area contributed by atoms with E-state index in [1.807, 2.05) is 12.1 Å². The molecule has 1 unspecified atom stereocenters. The van der Waals surface area contributed by atoms with Crippen LogP contribution in [0.4, 0.5) is 4.79 Å². The molecular weight excluding hydrogens is 358 g/mol. The molecule has 1 saturated carbocycles. The molecule has 1 saturated heterocycles. The van der Waals surface area contributed by atoms with E-state index in [2.05, 4.69) is 16.7 Å². The number of fused-ring (bicyclic) bond motifs is 1. The fourth-order valence-electron chi connectivity index (χ4n) is 4.65. The van der Waals surface area contributed by atoms with Crippen LogP contribution in [0, 0.1) is 0 Å². The van der Waals surface area contributed by atoms with Gasteiger partial charge in [0.1, 0.15) is 19.3 Å². The molecule has 4 rings (SSSR count). The van der Waals surface area contributed by atoms with E-state index in [1.165, 1.54) is 11.3 Å². The minimum atomic E-state index is -0.355. The van der Waals surface area contributed by atoms with Crippen LogP contribution in [0.1, 0.15) is 56.6 Å². The average molecular weight is 388 g/mol. The van der Waals surface area contributed by atoms with Gasteiger partial charge in [-0.2, -0.15) is 0 Å². The fraction of sp³-hybridized carbons (Fsp3) is 0.619. The molecule has 2 aliphatic heterocycles. The third-order valence-electron chi connectivity index (χ3n) is 6.03. The standard InChI is InChI=1S/C21H29N3O4/c25-20(23-21(26)22-16-5-2-1-3-6-16)14-24-10-4-7-17(24)15-8-9-18-19(13-15)28-12-11-27-18/h8-9,13,16-17H,1-7,10-12,14H2,(H2,22,23,25,26)/p+1/t17-/m0/s1. The Hall–Kier alpha value is -2.28. The van der Waals surface area contributed by atoms with Crippen LogP contribution in [0.25, 0.3) is 0 Å². The van der Waals surface area contributed by atoms with E-state index in [9.17, 15) is 9.59 Å². The highest BCUT2D eigenvalue weighted by Crippen LogP contribution is 2.33. The third-order valence-corrected chi connectivity index (χ3v) is 6.03. The van der Waals surface area contributed by atoms with Crippen molar-refractivity contribution in [2.75, 3.05) is 26.3 Å². The molecule has 1 aromatic carbocycles. The van der Waals surface area contributed by atoms with Crippen LogP contribution in [0.5, 0.6) is 11.5 Å². The van der Waals surface area contributed by atoms with Gasteiger partial charge in [0, 0.05) is 24.4 Å². The number of hydrogen-bond acceptors (Lipinski definition) is 4. The van der Waals surface area contributed by atoms with Crippen molar-refractivity contribution in [3.8, 4) is 11.5 Å². The Bertz CT molecular complexity index is 718. The molecule has 3 amide bonds. The highest BCUT2D eigenvalue weighted by molar-refractivity contribution is 5.94. The maximum Gasteiger partial charge on any atom is 0.321 e. The van der Waals surface area contributed by atoms with E-state index < -0.39 is 0 Å². The molecule has 2 heterocycles. The summed E-state index contributed by atoms with van der Waals surface area (Å²) in [6.07, 6.45) is 7.63. The normalized spacial score (nSPS) is 24.6. The second-order valence-electron chi connectivity index (χ2n) is 8.04. The quantitative estimate of drug-likeness (QED) is 0.727. The Balaban J connectivity index is 1.32. The van der Waals surface area contributed by atoms with Crippen molar-refractivity contribution in [3.63, 3.8) is 0 Å². The lowest BCUT2D eigenvalue weighted by Crippen LogP contribution is -3.11. The molecule has 0 bridgehead atoms. The monoisotopic (exact) mass is 388 g/mol. The Kier molecular flexibility index (Phi) is 6.00. The third kappa shape index (κ3) is 4.58. The number of carbonyl (C=O) groups is 2. The van der Waals surface area contributed by atoms with E-state index in [0.717, 1.165) is 62.1 Å². The molecule has 1 aromatic rings. The average Bonchev–Trinajstić information content (AvgIpc) is 3.16. The lowest BCUT2D eigenvalue weighted by atomic mass is 9.96. The van der Waals surface area contributed by atoms with Gasteiger partial charge >= 0.3 is 6.03 Å². The molecule has 7 nitrogen and oxygen atoms in total. The summed E-state index contributed by atoms with van der Waals surface area (Å²) in [5.74, 6) is 1.35. The van der Waals surface area contributed by atoms with Crippen LogP contribution in [0.15, 0.2) is 18.2 Å². The van der Waals surface area contributed by atoms with Crippen molar-refractivity contribution in [1.29, 1.82) is 0 Å². The topological polar surface area (TPSA) is 81.1 Å². The number of imide groups is 1. The van der Waals surface area contributed by atoms with Crippen molar-refractivity contribution in [2.45, 2.75) is 57.0 Å². The van der Waals surface area contributed by atoms with E-state index in [1.54, 1.807) is 0 Å². The molecule has 152 valence electrons. The minimum Gasteiger partial charge on any atom is -0.486 e. The number of nitrogens with one attached hydrogen (secondary N) is 3. The SMILES string of the molecule is O=C(C[NH+]1CCC[C@H]1c1ccc2c(c1)OCCO2)NC(=O)NC1CCCCC1. The lowest BCUT2D eigenvalue weighted by Gasteiger charge is -2.24. The van der Waals surface area contributed by atoms with Crippen molar-refractivity contribution in [3.05, 3.63) is 23.8 Å². The largest absolute Gasteiger partial charge is 0.486 e. The van der Waals surface area contributed by atoms with Crippen molar-refractivity contribution >= 4 is 11.9 Å². The molecule has 0 spiro atoms. The van der Waals surface area contributed by atoms with Crippen LogP contribution in [-0.4, -0.2) is 44.3 Å². The maximum atomic E-state index is 12.4. The van der Waals surface area contributed by atoms with Crippen LogP contribution < -0.4 is 25.0 Å². The summed E-state index contributed by atoms with van der Waals surface area (Å²) in [6, 6.07) is 6.15. The number of likely N-dealkylation sites (tertiary alicyclic amines) is 1. The predicted octanol–water partition coefficient (Wildman–Crippen LogP) is 1.34. The van der Waals surface area contributed by atoms with Gasteiger partial charge in [-0.3, -0.25) is 10.1 Å². The van der Waals surface area contributed by atoms with Gasteiger partial charge in [0.2, 0.25) is 0 Å². The molecule has 0 aromatic heterocycles. The van der Waals surface area contributed by atoms with Gasteiger partial charge < -0.3 is 19.7 Å². The number of carbonyl (C=O) groups excluding carboxylic acids is 2. The van der Waals surface area contributed by atoms with E-state index >= 15 is 0 Å². The molecule has 7 heteroatoms. The lowest BCUT2D eigenvalue weighted by molar-refractivity contribution is -0.910. The van der Waals surface area contributed by atoms with Crippen LogP contribution >= 0.6 is 0 Å². The fourth-order valence-corrected chi connectivity index (χ4v) is 4.65. The molecular formula is C21H30N3O4+. The van der Waals surface area contributed by atoms with Crippen LogP contribution in [0.3, 0.4) is 0 Å². The first kappa shape index (κ1) is 19.1. The number of hydrogen-bond donors (Lipinski definition) is 3. The number of ether oxygens (including phenoxy) is 2. The van der Waals surface area contributed by atoms with E-state index in [-0.39, 0.29) is 24.0 Å². The van der Waals surface area contributed by atoms with Gasteiger partial charge in [0.15, 0.2) is 18.0 Å². The number of urea groups is 1. The summed E-state index contributed by atoms with van der Waals surface area (Å²) in [4.78, 5) is 25.7. The first-order valence-corrected chi connectivity index (χ1v) is 10.5. The molecule has 28 heavy (non-hydrogen) atoms. The van der Waals surface area contributed by atoms with E-state index in [4.69, 9.17) is 9.47 Å². The van der Waals surface area contributed by atoms with Gasteiger partial charge in [-0.1, -0.05) is 19.3 Å². The summed E-state index contributed by atoms with van der Waals surface area (Å²) in [5.41, 5.74) is 1.16. The van der Waals surface area contributed by atoms with Crippen molar-refractivity contribution in [1.82, 2.24) is 10.6 Å². The first-order chi connectivity index (χ1) is 13.7. The van der Waals surface area contributed by atoms with E-state index in [0.29, 0.717) is 19.8 Å². The van der Waals surface area contributed by atoms with Gasteiger partial charge in [-0.25, -0.2) is 4.79 Å². The Morgan fingerprint density at radius 1 is 1.00 bits per heavy atom. The molecule has 3 N–H and O–H groups in total. The summed E-state index contributed by atoms with van der Waals surface area (Å²) < 4.78 is 11.3. The molecule has 1 aliphatic carbocycles. The summed E-state index contributed by atoms with van der Waals surface area (Å²) in [6.45, 7) is 2.38. The van der Waals surface area contributed by atoms with Gasteiger partial charge in [-0.15, -0.1) is 0 Å². The molecule has 2 fully saturated rings. The Morgan fingerprint density at radius 3 is 2.61 bits per heavy atom.